The van der Waals surface area contributed by atoms with Crippen molar-refractivity contribution in [2.24, 2.45) is 10.9 Å². The number of halogens is 1. The number of nitrogens with zero attached hydrogens (tertiary/aromatic N) is 3. The molecule has 0 spiro atoms. The fourth-order valence-electron chi connectivity index (χ4n) is 3.95. The molecule has 8 heteroatoms. The first-order valence-electron chi connectivity index (χ1n) is 11.2. The number of aromatic nitrogens is 1. The minimum absolute atomic E-state index is 0. The SMILES string of the molecule is CN=C(NCCc1ccc(C)c(OC)c1)NCC1CCN(Cc2nc(C)c(C)o2)CC1.I. The standard InChI is InChI=1S/C24H37N5O2.HI/c1-17-6-7-20(14-22(17)30-5)8-11-26-24(25-4)27-15-21-9-12-29(13-10-21)16-23-28-18(2)19(3)31-23;/h6-7,14,21H,8-13,15-16H2,1-5H3,(H2,25,26,27);1H. The summed E-state index contributed by atoms with van der Waals surface area (Å²) in [6, 6.07) is 6.38. The molecule has 0 unspecified atom stereocenters. The first kappa shape index (κ1) is 26.4. The Bertz CT molecular complexity index is 856. The molecule has 2 aromatic rings. The number of hydrogen-bond acceptors (Lipinski definition) is 5. The van der Waals surface area contributed by atoms with Crippen LogP contribution in [-0.4, -0.2) is 56.2 Å². The van der Waals surface area contributed by atoms with E-state index in [0.29, 0.717) is 5.92 Å². The zero-order chi connectivity index (χ0) is 22.2. The van der Waals surface area contributed by atoms with Gasteiger partial charge in [-0.15, -0.1) is 24.0 Å². The van der Waals surface area contributed by atoms with Crippen LogP contribution in [0.3, 0.4) is 0 Å². The molecular formula is C24H38IN5O2. The highest BCUT2D eigenvalue weighted by atomic mass is 127. The summed E-state index contributed by atoms with van der Waals surface area (Å²) in [5.74, 6) is 4.23. The average Bonchev–Trinajstić information content (AvgIpc) is 3.09. The lowest BCUT2D eigenvalue weighted by Gasteiger charge is -2.31. The number of oxazole rings is 1. The van der Waals surface area contributed by atoms with E-state index in [-0.39, 0.29) is 24.0 Å². The zero-order valence-electron chi connectivity index (χ0n) is 20.0. The molecule has 3 rings (SSSR count). The Balaban J connectivity index is 0.00000363. The summed E-state index contributed by atoms with van der Waals surface area (Å²) in [7, 11) is 3.55. The maximum atomic E-state index is 5.73. The van der Waals surface area contributed by atoms with E-state index in [9.17, 15) is 0 Å². The largest absolute Gasteiger partial charge is 0.496 e. The van der Waals surface area contributed by atoms with E-state index in [1.54, 1.807) is 7.11 Å². The molecule has 2 N–H and O–H groups in total. The van der Waals surface area contributed by atoms with Crippen molar-refractivity contribution in [3.05, 3.63) is 46.7 Å². The minimum Gasteiger partial charge on any atom is -0.496 e. The molecule has 1 aliphatic heterocycles. The lowest BCUT2D eigenvalue weighted by molar-refractivity contribution is 0.164. The van der Waals surface area contributed by atoms with Crippen LogP contribution in [0, 0.1) is 26.7 Å². The fourth-order valence-corrected chi connectivity index (χ4v) is 3.95. The monoisotopic (exact) mass is 555 g/mol. The number of benzene rings is 1. The number of likely N-dealkylation sites (tertiary alicyclic amines) is 1. The van der Waals surface area contributed by atoms with Gasteiger partial charge in [0, 0.05) is 20.1 Å². The van der Waals surface area contributed by atoms with Crippen LogP contribution in [0.2, 0.25) is 0 Å². The van der Waals surface area contributed by atoms with Crippen molar-refractivity contribution < 1.29 is 9.15 Å². The molecule has 0 atom stereocenters. The topological polar surface area (TPSA) is 74.9 Å². The Labute approximate surface area is 209 Å². The Morgan fingerprint density at radius 3 is 2.59 bits per heavy atom. The minimum atomic E-state index is 0. The van der Waals surface area contributed by atoms with E-state index in [0.717, 1.165) is 73.8 Å². The molecule has 1 fully saturated rings. The molecule has 1 aromatic carbocycles. The highest BCUT2D eigenvalue weighted by molar-refractivity contribution is 14.0. The zero-order valence-corrected chi connectivity index (χ0v) is 22.4. The second kappa shape index (κ2) is 13.0. The van der Waals surface area contributed by atoms with Crippen LogP contribution in [0.25, 0.3) is 0 Å². The molecule has 0 radical (unpaired) electrons. The number of piperidine rings is 1. The van der Waals surface area contributed by atoms with Crippen molar-refractivity contribution in [3.8, 4) is 5.75 Å². The average molecular weight is 556 g/mol. The smallest absolute Gasteiger partial charge is 0.208 e. The first-order valence-corrected chi connectivity index (χ1v) is 11.2. The summed E-state index contributed by atoms with van der Waals surface area (Å²) in [6.07, 6.45) is 3.27. The summed E-state index contributed by atoms with van der Waals surface area (Å²) in [5, 5.41) is 6.92. The van der Waals surface area contributed by atoms with E-state index in [1.165, 1.54) is 18.4 Å². The predicted molar refractivity (Wildman–Crippen MR) is 140 cm³/mol. The van der Waals surface area contributed by atoms with Crippen molar-refractivity contribution in [1.82, 2.24) is 20.5 Å². The number of hydrogen-bond donors (Lipinski definition) is 2. The lowest BCUT2D eigenvalue weighted by atomic mass is 9.97. The number of methoxy groups -OCH3 is 1. The van der Waals surface area contributed by atoms with Crippen LogP contribution in [0.5, 0.6) is 5.75 Å². The molecule has 0 aliphatic carbocycles. The highest BCUT2D eigenvalue weighted by Crippen LogP contribution is 2.20. The number of ether oxygens (including phenoxy) is 1. The van der Waals surface area contributed by atoms with Gasteiger partial charge in [0.25, 0.3) is 0 Å². The van der Waals surface area contributed by atoms with Gasteiger partial charge in [-0.25, -0.2) is 4.98 Å². The molecule has 32 heavy (non-hydrogen) atoms. The third-order valence-electron chi connectivity index (χ3n) is 6.10. The van der Waals surface area contributed by atoms with Crippen molar-refractivity contribution in [2.75, 3.05) is 40.3 Å². The number of rotatable bonds is 8. The molecule has 1 saturated heterocycles. The molecule has 1 aromatic heterocycles. The maximum Gasteiger partial charge on any atom is 0.208 e. The summed E-state index contributed by atoms with van der Waals surface area (Å²) >= 11 is 0. The summed E-state index contributed by atoms with van der Waals surface area (Å²) < 4.78 is 11.1. The molecule has 7 nitrogen and oxygen atoms in total. The molecule has 0 saturated carbocycles. The third kappa shape index (κ3) is 7.65. The van der Waals surface area contributed by atoms with E-state index in [4.69, 9.17) is 9.15 Å². The Morgan fingerprint density at radius 1 is 1.22 bits per heavy atom. The quantitative estimate of drug-likeness (QED) is 0.293. The summed E-state index contributed by atoms with van der Waals surface area (Å²) in [5.41, 5.74) is 3.41. The van der Waals surface area contributed by atoms with Crippen molar-refractivity contribution in [1.29, 1.82) is 0 Å². The first-order chi connectivity index (χ1) is 15.0. The van der Waals surface area contributed by atoms with E-state index in [1.807, 2.05) is 20.9 Å². The van der Waals surface area contributed by atoms with Gasteiger partial charge in [-0.2, -0.15) is 0 Å². The van der Waals surface area contributed by atoms with Gasteiger partial charge in [0.05, 0.1) is 19.3 Å². The second-order valence-corrected chi connectivity index (χ2v) is 8.40. The van der Waals surface area contributed by atoms with Gasteiger partial charge in [0.15, 0.2) is 5.96 Å². The van der Waals surface area contributed by atoms with E-state index in [2.05, 4.69) is 50.6 Å². The Kier molecular flexibility index (Phi) is 10.8. The van der Waals surface area contributed by atoms with Gasteiger partial charge in [-0.1, -0.05) is 12.1 Å². The van der Waals surface area contributed by atoms with Crippen molar-refractivity contribution in [2.45, 2.75) is 46.6 Å². The van der Waals surface area contributed by atoms with Crippen LogP contribution < -0.4 is 15.4 Å². The molecule has 0 amide bonds. The van der Waals surface area contributed by atoms with Gasteiger partial charge in [-0.05, 0) is 76.2 Å². The summed E-state index contributed by atoms with van der Waals surface area (Å²) in [6.45, 7) is 10.8. The third-order valence-corrected chi connectivity index (χ3v) is 6.10. The van der Waals surface area contributed by atoms with Crippen molar-refractivity contribution >= 4 is 29.9 Å². The molecule has 1 aliphatic rings. The molecule has 2 heterocycles. The van der Waals surface area contributed by atoms with Gasteiger partial charge < -0.3 is 19.8 Å². The second-order valence-electron chi connectivity index (χ2n) is 8.40. The predicted octanol–water partition coefficient (Wildman–Crippen LogP) is 3.85. The van der Waals surface area contributed by atoms with Gasteiger partial charge in [0.2, 0.25) is 5.89 Å². The van der Waals surface area contributed by atoms with Crippen LogP contribution in [0.15, 0.2) is 27.6 Å². The fraction of sp³-hybridized carbons (Fsp3) is 0.583. The van der Waals surface area contributed by atoms with Crippen LogP contribution in [0.4, 0.5) is 0 Å². The molecule has 178 valence electrons. The number of nitrogens with one attached hydrogen (secondary N) is 2. The number of aryl methyl sites for hydroxylation is 3. The van der Waals surface area contributed by atoms with Gasteiger partial charge in [-0.3, -0.25) is 9.89 Å². The normalized spacial score (nSPS) is 15.3. The maximum absolute atomic E-state index is 5.73. The highest BCUT2D eigenvalue weighted by Gasteiger charge is 2.21. The number of aliphatic imine (C=N–C) groups is 1. The van der Waals surface area contributed by atoms with Crippen molar-refractivity contribution in [3.63, 3.8) is 0 Å². The molecular weight excluding hydrogens is 517 g/mol. The number of guanidine groups is 1. The van der Waals surface area contributed by atoms with Gasteiger partial charge in [0.1, 0.15) is 11.5 Å². The Hall–Kier alpha value is -1.81. The lowest BCUT2D eigenvalue weighted by Crippen LogP contribution is -2.43. The summed E-state index contributed by atoms with van der Waals surface area (Å²) in [4.78, 5) is 11.3. The van der Waals surface area contributed by atoms with Gasteiger partial charge >= 0.3 is 0 Å². The molecule has 0 bridgehead atoms. The van der Waals surface area contributed by atoms with E-state index < -0.39 is 0 Å². The van der Waals surface area contributed by atoms with Crippen LogP contribution in [-0.2, 0) is 13.0 Å². The van der Waals surface area contributed by atoms with E-state index >= 15 is 0 Å². The van der Waals surface area contributed by atoms with Crippen LogP contribution in [0.1, 0.15) is 41.3 Å². The van der Waals surface area contributed by atoms with Crippen LogP contribution >= 0.6 is 24.0 Å². The Morgan fingerprint density at radius 2 is 1.97 bits per heavy atom.